The molecule has 0 spiro atoms. The van der Waals surface area contributed by atoms with Gasteiger partial charge in [0.15, 0.2) is 0 Å². The van der Waals surface area contributed by atoms with E-state index in [1.54, 1.807) is 13.0 Å². The molecule has 1 unspecified atom stereocenters. The summed E-state index contributed by atoms with van der Waals surface area (Å²) < 4.78 is 13.7. The molecule has 1 atom stereocenters. The maximum atomic E-state index is 13.7. The molecule has 1 amide bonds. The Morgan fingerprint density at radius 2 is 2.05 bits per heavy atom. The van der Waals surface area contributed by atoms with Crippen molar-refractivity contribution in [1.82, 2.24) is 5.32 Å². The molecule has 3 N–H and O–H groups in total. The van der Waals surface area contributed by atoms with Crippen molar-refractivity contribution < 1.29 is 9.18 Å². The van der Waals surface area contributed by atoms with E-state index in [0.717, 1.165) is 5.56 Å². The number of hydrogen-bond acceptors (Lipinski definition) is 2. The van der Waals surface area contributed by atoms with Crippen molar-refractivity contribution >= 4 is 5.91 Å². The van der Waals surface area contributed by atoms with Gasteiger partial charge in [-0.1, -0.05) is 26.8 Å². The van der Waals surface area contributed by atoms with Crippen molar-refractivity contribution in [1.29, 1.82) is 0 Å². The zero-order chi connectivity index (χ0) is 14.6. The van der Waals surface area contributed by atoms with E-state index in [1.165, 1.54) is 12.1 Å². The molecular formula is C15H23FN2O. The summed E-state index contributed by atoms with van der Waals surface area (Å²) in [6.07, 6.45) is 0.669. The number of rotatable bonds is 4. The Morgan fingerprint density at radius 3 is 2.53 bits per heavy atom. The van der Waals surface area contributed by atoms with E-state index in [4.69, 9.17) is 5.73 Å². The lowest BCUT2D eigenvalue weighted by Gasteiger charge is -2.31. The van der Waals surface area contributed by atoms with Crippen LogP contribution in [0, 0.1) is 18.2 Å². The molecule has 1 aromatic carbocycles. The standard InChI is InChI=1S/C15H23FN2O/c1-10-5-6-11(12(16)9-10)14(19)18-13(7-8-17)15(2,3)4/h5-6,9,13H,7-8,17H2,1-4H3,(H,18,19). The second kappa shape index (κ2) is 6.15. The Bertz CT molecular complexity index is 452. The number of amides is 1. The van der Waals surface area contributed by atoms with E-state index in [2.05, 4.69) is 5.32 Å². The second-order valence-electron chi connectivity index (χ2n) is 5.95. The number of halogens is 1. The largest absolute Gasteiger partial charge is 0.349 e. The van der Waals surface area contributed by atoms with Crippen LogP contribution in [0.4, 0.5) is 4.39 Å². The monoisotopic (exact) mass is 266 g/mol. The quantitative estimate of drug-likeness (QED) is 0.880. The Balaban J connectivity index is 2.88. The van der Waals surface area contributed by atoms with Crippen LogP contribution >= 0.6 is 0 Å². The lowest BCUT2D eigenvalue weighted by atomic mass is 9.84. The van der Waals surface area contributed by atoms with E-state index in [1.807, 2.05) is 20.8 Å². The number of hydrogen-bond donors (Lipinski definition) is 2. The highest BCUT2D eigenvalue weighted by Gasteiger charge is 2.26. The van der Waals surface area contributed by atoms with Crippen LogP contribution in [0.25, 0.3) is 0 Å². The average Bonchev–Trinajstić information content (AvgIpc) is 2.26. The van der Waals surface area contributed by atoms with Gasteiger partial charge in [0, 0.05) is 6.04 Å². The van der Waals surface area contributed by atoms with Crippen LogP contribution in [0.3, 0.4) is 0 Å². The van der Waals surface area contributed by atoms with Crippen molar-refractivity contribution in [2.75, 3.05) is 6.54 Å². The fourth-order valence-corrected chi connectivity index (χ4v) is 1.93. The smallest absolute Gasteiger partial charge is 0.254 e. The normalized spacial score (nSPS) is 13.2. The number of carbonyl (C=O) groups is 1. The van der Waals surface area contributed by atoms with Gasteiger partial charge in [-0.3, -0.25) is 4.79 Å². The molecule has 0 aromatic heterocycles. The van der Waals surface area contributed by atoms with Gasteiger partial charge in [0.2, 0.25) is 0 Å². The first-order chi connectivity index (χ1) is 8.75. The van der Waals surface area contributed by atoms with Gasteiger partial charge < -0.3 is 11.1 Å². The summed E-state index contributed by atoms with van der Waals surface area (Å²) in [4.78, 5) is 12.1. The van der Waals surface area contributed by atoms with Crippen molar-refractivity contribution in [3.8, 4) is 0 Å². The van der Waals surface area contributed by atoms with Gasteiger partial charge in [0.1, 0.15) is 5.82 Å². The molecule has 0 bridgehead atoms. The van der Waals surface area contributed by atoms with Gasteiger partial charge in [-0.15, -0.1) is 0 Å². The number of carbonyl (C=O) groups excluding carboxylic acids is 1. The molecular weight excluding hydrogens is 243 g/mol. The summed E-state index contributed by atoms with van der Waals surface area (Å²) in [5.41, 5.74) is 6.33. The van der Waals surface area contributed by atoms with Crippen molar-refractivity contribution in [2.45, 2.75) is 40.2 Å². The van der Waals surface area contributed by atoms with E-state index in [0.29, 0.717) is 13.0 Å². The second-order valence-corrected chi connectivity index (χ2v) is 5.95. The third-order valence-electron chi connectivity index (χ3n) is 3.18. The van der Waals surface area contributed by atoms with Gasteiger partial charge >= 0.3 is 0 Å². The molecule has 0 saturated heterocycles. The predicted molar refractivity (Wildman–Crippen MR) is 75.5 cm³/mol. The minimum Gasteiger partial charge on any atom is -0.349 e. The summed E-state index contributed by atoms with van der Waals surface area (Å²) >= 11 is 0. The SMILES string of the molecule is Cc1ccc(C(=O)NC(CCN)C(C)(C)C)c(F)c1. The lowest BCUT2D eigenvalue weighted by molar-refractivity contribution is 0.0894. The van der Waals surface area contributed by atoms with Crippen molar-refractivity contribution in [3.63, 3.8) is 0 Å². The number of nitrogens with two attached hydrogens (primary N) is 1. The van der Waals surface area contributed by atoms with Gasteiger partial charge in [-0.25, -0.2) is 4.39 Å². The Hall–Kier alpha value is -1.42. The number of nitrogens with one attached hydrogen (secondary N) is 1. The first kappa shape index (κ1) is 15.6. The van der Waals surface area contributed by atoms with Crippen LogP contribution in [-0.2, 0) is 0 Å². The molecule has 106 valence electrons. The van der Waals surface area contributed by atoms with Gasteiger partial charge in [0.05, 0.1) is 5.56 Å². The fourth-order valence-electron chi connectivity index (χ4n) is 1.93. The van der Waals surface area contributed by atoms with Crippen LogP contribution in [-0.4, -0.2) is 18.5 Å². The average molecular weight is 266 g/mol. The fraction of sp³-hybridized carbons (Fsp3) is 0.533. The van der Waals surface area contributed by atoms with Crippen LogP contribution in [0.15, 0.2) is 18.2 Å². The van der Waals surface area contributed by atoms with E-state index < -0.39 is 5.82 Å². The molecule has 0 fully saturated rings. The maximum absolute atomic E-state index is 13.7. The summed E-state index contributed by atoms with van der Waals surface area (Å²) in [5.74, 6) is -0.871. The Kier molecular flexibility index (Phi) is 5.06. The summed E-state index contributed by atoms with van der Waals surface area (Å²) in [6.45, 7) is 8.35. The first-order valence-corrected chi connectivity index (χ1v) is 6.52. The zero-order valence-corrected chi connectivity index (χ0v) is 12.1. The summed E-state index contributed by atoms with van der Waals surface area (Å²) in [6, 6.07) is 4.53. The predicted octanol–water partition coefficient (Wildman–Crippen LogP) is 2.63. The molecule has 4 heteroatoms. The highest BCUT2D eigenvalue weighted by atomic mass is 19.1. The Morgan fingerprint density at radius 1 is 1.42 bits per heavy atom. The van der Waals surface area contributed by atoms with E-state index in [9.17, 15) is 9.18 Å². The third kappa shape index (κ3) is 4.31. The molecule has 0 aliphatic rings. The van der Waals surface area contributed by atoms with Crippen molar-refractivity contribution in [2.24, 2.45) is 11.1 Å². The van der Waals surface area contributed by atoms with Crippen LogP contribution in [0.5, 0.6) is 0 Å². The van der Waals surface area contributed by atoms with Gasteiger partial charge in [-0.2, -0.15) is 0 Å². The maximum Gasteiger partial charge on any atom is 0.254 e. The van der Waals surface area contributed by atoms with Crippen LogP contribution in [0.1, 0.15) is 43.1 Å². The Labute approximate surface area is 114 Å². The lowest BCUT2D eigenvalue weighted by Crippen LogP contribution is -2.45. The molecule has 1 aromatic rings. The first-order valence-electron chi connectivity index (χ1n) is 6.52. The zero-order valence-electron chi connectivity index (χ0n) is 12.1. The topological polar surface area (TPSA) is 55.1 Å². The molecule has 3 nitrogen and oxygen atoms in total. The molecule has 0 radical (unpaired) electrons. The highest BCUT2D eigenvalue weighted by molar-refractivity contribution is 5.94. The molecule has 0 saturated carbocycles. The minimum atomic E-state index is -0.488. The summed E-state index contributed by atoms with van der Waals surface area (Å²) in [7, 11) is 0. The van der Waals surface area contributed by atoms with Gasteiger partial charge in [0.25, 0.3) is 5.91 Å². The molecule has 1 rings (SSSR count). The van der Waals surface area contributed by atoms with E-state index in [-0.39, 0.29) is 22.9 Å². The minimum absolute atomic E-state index is 0.0781. The highest BCUT2D eigenvalue weighted by Crippen LogP contribution is 2.22. The number of benzene rings is 1. The molecule has 0 aliphatic carbocycles. The molecule has 0 heterocycles. The van der Waals surface area contributed by atoms with Crippen LogP contribution < -0.4 is 11.1 Å². The molecule has 0 aliphatic heterocycles. The molecule has 19 heavy (non-hydrogen) atoms. The third-order valence-corrected chi connectivity index (χ3v) is 3.18. The summed E-state index contributed by atoms with van der Waals surface area (Å²) in [5, 5.41) is 2.88. The van der Waals surface area contributed by atoms with Crippen molar-refractivity contribution in [3.05, 3.63) is 35.1 Å². The van der Waals surface area contributed by atoms with E-state index >= 15 is 0 Å². The number of aryl methyl sites for hydroxylation is 1. The van der Waals surface area contributed by atoms with Gasteiger partial charge in [-0.05, 0) is 43.0 Å². The van der Waals surface area contributed by atoms with Crippen LogP contribution in [0.2, 0.25) is 0 Å².